The lowest BCUT2D eigenvalue weighted by atomic mass is 9.74. The quantitative estimate of drug-likeness (QED) is 0.326. The van der Waals surface area contributed by atoms with E-state index in [1.807, 2.05) is 0 Å². The second-order valence-electron chi connectivity index (χ2n) is 5.93. The maximum absolute atomic E-state index is 12.5. The molecule has 6 heteroatoms. The van der Waals surface area contributed by atoms with Gasteiger partial charge in [-0.2, -0.15) is 0 Å². The van der Waals surface area contributed by atoms with Gasteiger partial charge in [0.15, 0.2) is 17.3 Å². The first-order valence-corrected chi connectivity index (χ1v) is 7.13. The van der Waals surface area contributed by atoms with Crippen LogP contribution in [-0.2, 0) is 9.59 Å². The maximum atomic E-state index is 12.5. The number of nitrogen functional groups attached to an aromatic ring is 1. The highest BCUT2D eigenvalue weighted by Gasteiger charge is 2.65. The molecule has 0 bridgehead atoms. The van der Waals surface area contributed by atoms with Crippen LogP contribution in [0.3, 0.4) is 0 Å². The number of thiol groups is 1. The molecule has 1 aromatic rings. The minimum absolute atomic E-state index is 0.120. The number of hydrogen-bond donors (Lipinski definition) is 3. The molecule has 0 amide bonds. The molecule has 2 fully saturated rings. The molecule has 0 heterocycles. The molecule has 0 saturated heterocycles. The molecule has 0 radical (unpaired) electrons. The second kappa shape index (κ2) is 4.42. The van der Waals surface area contributed by atoms with Crippen molar-refractivity contribution in [3.63, 3.8) is 0 Å². The van der Waals surface area contributed by atoms with Crippen LogP contribution in [0, 0.1) is 17.8 Å². The zero-order chi connectivity index (χ0) is 15.5. The standard InChI is InChI=1S/C15H15NO4S/c1-15(20)9-5-8(9)13(18)11(14(15)19)12(17)7-3-2-6(21)4-10(7)16/h2-4,8-9,11,20-21H,5,16H2,1H3. The third-order valence-electron chi connectivity index (χ3n) is 4.49. The molecule has 0 spiro atoms. The Balaban J connectivity index is 2.00. The van der Waals surface area contributed by atoms with Gasteiger partial charge in [-0.15, -0.1) is 12.6 Å². The van der Waals surface area contributed by atoms with Crippen LogP contribution in [0.25, 0.3) is 0 Å². The van der Waals surface area contributed by atoms with E-state index in [1.54, 1.807) is 6.07 Å². The summed E-state index contributed by atoms with van der Waals surface area (Å²) in [5.74, 6) is -3.93. The van der Waals surface area contributed by atoms with Crippen molar-refractivity contribution in [1.82, 2.24) is 0 Å². The van der Waals surface area contributed by atoms with Gasteiger partial charge in [-0.1, -0.05) is 0 Å². The van der Waals surface area contributed by atoms with Crippen LogP contribution in [-0.4, -0.2) is 28.1 Å². The highest BCUT2D eigenvalue weighted by molar-refractivity contribution is 7.80. The predicted octanol–water partition coefficient (Wildman–Crippen LogP) is 0.895. The summed E-state index contributed by atoms with van der Waals surface area (Å²) >= 11 is 4.12. The van der Waals surface area contributed by atoms with Crippen LogP contribution in [0.5, 0.6) is 0 Å². The lowest BCUT2D eigenvalue weighted by Crippen LogP contribution is -2.52. The summed E-state index contributed by atoms with van der Waals surface area (Å²) in [5, 5.41) is 10.3. The van der Waals surface area contributed by atoms with E-state index in [2.05, 4.69) is 12.6 Å². The molecule has 5 nitrogen and oxygen atoms in total. The van der Waals surface area contributed by atoms with Gasteiger partial charge in [0.1, 0.15) is 11.5 Å². The molecule has 4 unspecified atom stereocenters. The second-order valence-corrected chi connectivity index (χ2v) is 6.45. The molecule has 2 aliphatic rings. The van der Waals surface area contributed by atoms with Gasteiger partial charge < -0.3 is 10.8 Å². The minimum atomic E-state index is -1.61. The third-order valence-corrected chi connectivity index (χ3v) is 4.76. The fraction of sp³-hybridized carbons (Fsp3) is 0.400. The normalized spacial score (nSPS) is 34.5. The monoisotopic (exact) mass is 305 g/mol. The van der Waals surface area contributed by atoms with Crippen molar-refractivity contribution in [3.05, 3.63) is 23.8 Å². The van der Waals surface area contributed by atoms with Crippen molar-refractivity contribution in [2.45, 2.75) is 23.8 Å². The SMILES string of the molecule is CC1(O)C(=O)C(C(=O)c2ccc(S)cc2N)C(=O)C2CC21. The molecule has 21 heavy (non-hydrogen) atoms. The number of carbonyl (C=O) groups excluding carboxylic acids is 3. The van der Waals surface area contributed by atoms with Crippen LogP contribution in [0.1, 0.15) is 23.7 Å². The number of fused-ring (bicyclic) bond motifs is 1. The lowest BCUT2D eigenvalue weighted by molar-refractivity contribution is -0.149. The number of anilines is 1. The van der Waals surface area contributed by atoms with E-state index in [-0.39, 0.29) is 17.2 Å². The predicted molar refractivity (Wildman–Crippen MR) is 78.2 cm³/mol. The Labute approximate surface area is 126 Å². The van der Waals surface area contributed by atoms with Gasteiger partial charge in [0.25, 0.3) is 0 Å². The first-order valence-electron chi connectivity index (χ1n) is 6.68. The van der Waals surface area contributed by atoms with Gasteiger partial charge in [0, 0.05) is 28.0 Å². The first kappa shape index (κ1) is 14.3. The fourth-order valence-corrected chi connectivity index (χ4v) is 3.34. The highest BCUT2D eigenvalue weighted by Crippen LogP contribution is 2.53. The summed E-state index contributed by atoms with van der Waals surface area (Å²) in [6.07, 6.45) is 0.465. The smallest absolute Gasteiger partial charge is 0.182 e. The van der Waals surface area contributed by atoms with E-state index in [9.17, 15) is 19.5 Å². The van der Waals surface area contributed by atoms with E-state index < -0.39 is 34.8 Å². The van der Waals surface area contributed by atoms with E-state index >= 15 is 0 Å². The van der Waals surface area contributed by atoms with Crippen molar-refractivity contribution in [2.75, 3.05) is 5.73 Å². The van der Waals surface area contributed by atoms with Crippen molar-refractivity contribution in [1.29, 1.82) is 0 Å². The van der Waals surface area contributed by atoms with E-state index in [1.165, 1.54) is 19.1 Å². The molecular weight excluding hydrogens is 290 g/mol. The molecule has 3 N–H and O–H groups in total. The number of rotatable bonds is 2. The van der Waals surface area contributed by atoms with Gasteiger partial charge in [0.05, 0.1) is 0 Å². The summed E-state index contributed by atoms with van der Waals surface area (Å²) in [5.41, 5.74) is 4.46. The summed E-state index contributed by atoms with van der Waals surface area (Å²) in [4.78, 5) is 37.7. The third kappa shape index (κ3) is 2.01. The Kier molecular flexibility index (Phi) is 3.00. The van der Waals surface area contributed by atoms with Crippen LogP contribution in [0.4, 0.5) is 5.69 Å². The van der Waals surface area contributed by atoms with Crippen LogP contribution in [0.15, 0.2) is 23.1 Å². The summed E-state index contributed by atoms with van der Waals surface area (Å²) in [6, 6.07) is 4.52. The van der Waals surface area contributed by atoms with Gasteiger partial charge >= 0.3 is 0 Å². The summed E-state index contributed by atoms with van der Waals surface area (Å²) < 4.78 is 0. The first-order chi connectivity index (χ1) is 9.75. The van der Waals surface area contributed by atoms with Crippen LogP contribution in [0.2, 0.25) is 0 Å². The number of hydrogen-bond acceptors (Lipinski definition) is 6. The number of carbonyl (C=O) groups is 3. The summed E-state index contributed by atoms with van der Waals surface area (Å²) in [6.45, 7) is 1.38. The van der Waals surface area contributed by atoms with Gasteiger partial charge in [0.2, 0.25) is 0 Å². The largest absolute Gasteiger partial charge is 0.398 e. The van der Waals surface area contributed by atoms with Crippen molar-refractivity contribution < 1.29 is 19.5 Å². The molecule has 3 rings (SSSR count). The van der Waals surface area contributed by atoms with Crippen molar-refractivity contribution >= 4 is 35.7 Å². The Morgan fingerprint density at radius 1 is 1.43 bits per heavy atom. The zero-order valence-corrected chi connectivity index (χ0v) is 12.3. The van der Waals surface area contributed by atoms with Crippen LogP contribution < -0.4 is 5.73 Å². The Hall–Kier alpha value is -1.66. The fourth-order valence-electron chi connectivity index (χ4n) is 3.13. The Bertz CT molecular complexity index is 682. The highest BCUT2D eigenvalue weighted by atomic mass is 32.1. The summed E-state index contributed by atoms with van der Waals surface area (Å²) in [7, 11) is 0. The Morgan fingerprint density at radius 2 is 2.10 bits per heavy atom. The minimum Gasteiger partial charge on any atom is -0.398 e. The number of aliphatic hydroxyl groups is 1. The van der Waals surface area contributed by atoms with Crippen molar-refractivity contribution in [2.24, 2.45) is 17.8 Å². The zero-order valence-electron chi connectivity index (χ0n) is 11.4. The number of benzene rings is 1. The molecule has 2 aliphatic carbocycles. The van der Waals surface area contributed by atoms with E-state index in [0.29, 0.717) is 11.3 Å². The van der Waals surface area contributed by atoms with E-state index in [0.717, 1.165) is 0 Å². The topological polar surface area (TPSA) is 97.5 Å². The van der Waals surface area contributed by atoms with Gasteiger partial charge in [-0.05, 0) is 31.5 Å². The average Bonchev–Trinajstić information content (AvgIpc) is 3.18. The van der Waals surface area contributed by atoms with Crippen molar-refractivity contribution in [3.8, 4) is 0 Å². The molecule has 110 valence electrons. The average molecular weight is 305 g/mol. The maximum Gasteiger partial charge on any atom is 0.182 e. The molecule has 2 saturated carbocycles. The van der Waals surface area contributed by atoms with Gasteiger partial charge in [-0.3, -0.25) is 14.4 Å². The Morgan fingerprint density at radius 3 is 2.71 bits per heavy atom. The van der Waals surface area contributed by atoms with E-state index in [4.69, 9.17) is 5.73 Å². The van der Waals surface area contributed by atoms with Gasteiger partial charge in [-0.25, -0.2) is 0 Å². The number of ketones is 3. The molecule has 4 atom stereocenters. The molecular formula is C15H15NO4S. The number of Topliss-reactive ketones (excluding diaryl/α,β-unsaturated/α-hetero) is 3. The molecule has 0 aromatic heterocycles. The van der Waals surface area contributed by atoms with Crippen LogP contribution >= 0.6 is 12.6 Å². The lowest BCUT2D eigenvalue weighted by Gasteiger charge is -2.30. The molecule has 1 aromatic carbocycles. The number of nitrogens with two attached hydrogens (primary N) is 1. The molecule has 0 aliphatic heterocycles.